The zero-order valence-electron chi connectivity index (χ0n) is 7.57. The quantitative estimate of drug-likeness (QED) is 0.370. The lowest BCUT2D eigenvalue weighted by molar-refractivity contribution is -0.385. The Morgan fingerprint density at radius 3 is 2.87 bits per heavy atom. The number of nitro groups is 1. The molecule has 0 aliphatic rings. The van der Waals surface area contributed by atoms with Crippen LogP contribution in [0.4, 0.5) is 5.69 Å². The molecule has 1 aromatic rings. The van der Waals surface area contributed by atoms with Gasteiger partial charge >= 0.3 is 0 Å². The first-order valence-electron chi connectivity index (χ1n) is 3.90. The van der Waals surface area contributed by atoms with E-state index in [2.05, 4.69) is 0 Å². The van der Waals surface area contributed by atoms with Crippen molar-refractivity contribution in [2.75, 3.05) is 0 Å². The van der Waals surface area contributed by atoms with Gasteiger partial charge in [-0.3, -0.25) is 15.5 Å². The number of hydrogen-bond donors (Lipinski definition) is 2. The molecule has 0 fully saturated rings. The highest BCUT2D eigenvalue weighted by molar-refractivity contribution is 8.13. The molecule has 15 heavy (non-hydrogen) atoms. The summed E-state index contributed by atoms with van der Waals surface area (Å²) in [5.74, 6) is 0.294. The molecular formula is C8H8ClN3O2S. The fourth-order valence-corrected chi connectivity index (χ4v) is 1.71. The van der Waals surface area contributed by atoms with Gasteiger partial charge in [-0.25, -0.2) is 0 Å². The predicted octanol–water partition coefficient (Wildman–Crippen LogP) is 2.37. The van der Waals surface area contributed by atoms with Crippen LogP contribution in [0.5, 0.6) is 0 Å². The van der Waals surface area contributed by atoms with Gasteiger partial charge in [0, 0.05) is 22.4 Å². The lowest BCUT2D eigenvalue weighted by Gasteiger charge is -2.02. The Balaban J connectivity index is 2.95. The summed E-state index contributed by atoms with van der Waals surface area (Å²) in [6.07, 6.45) is 0. The highest BCUT2D eigenvalue weighted by Crippen LogP contribution is 2.26. The van der Waals surface area contributed by atoms with Gasteiger partial charge in [0.05, 0.1) is 4.92 Å². The minimum atomic E-state index is -0.498. The Morgan fingerprint density at radius 1 is 1.67 bits per heavy atom. The predicted molar refractivity (Wildman–Crippen MR) is 61.3 cm³/mol. The summed E-state index contributed by atoms with van der Waals surface area (Å²) in [5, 5.41) is 17.9. The van der Waals surface area contributed by atoms with E-state index >= 15 is 0 Å². The van der Waals surface area contributed by atoms with Crippen LogP contribution in [0.1, 0.15) is 5.56 Å². The second-order valence-electron chi connectivity index (χ2n) is 2.68. The molecule has 7 heteroatoms. The summed E-state index contributed by atoms with van der Waals surface area (Å²) < 4.78 is 0. The molecular weight excluding hydrogens is 238 g/mol. The molecule has 0 aliphatic heterocycles. The minimum absolute atomic E-state index is 0.0451. The summed E-state index contributed by atoms with van der Waals surface area (Å²) in [6, 6.07) is 4.43. The maximum Gasteiger partial charge on any atom is 0.274 e. The third-order valence-electron chi connectivity index (χ3n) is 1.63. The van der Waals surface area contributed by atoms with Gasteiger partial charge in [0.2, 0.25) is 0 Å². The van der Waals surface area contributed by atoms with Crippen LogP contribution in [0.15, 0.2) is 18.2 Å². The molecule has 80 valence electrons. The van der Waals surface area contributed by atoms with Crippen LogP contribution in [0.25, 0.3) is 0 Å². The fourth-order valence-electron chi connectivity index (χ4n) is 0.985. The topological polar surface area (TPSA) is 93.0 Å². The molecule has 0 spiro atoms. The lowest BCUT2D eigenvalue weighted by Crippen LogP contribution is -2.04. The monoisotopic (exact) mass is 245 g/mol. The van der Waals surface area contributed by atoms with E-state index in [0.717, 1.165) is 11.8 Å². The third kappa shape index (κ3) is 3.41. The van der Waals surface area contributed by atoms with Crippen LogP contribution in [0, 0.1) is 15.5 Å². The smallest absolute Gasteiger partial charge is 0.274 e. The Hall–Kier alpha value is -1.27. The second-order valence-corrected chi connectivity index (χ2v) is 4.14. The summed E-state index contributed by atoms with van der Waals surface area (Å²) in [5.41, 5.74) is 5.61. The van der Waals surface area contributed by atoms with Crippen LogP contribution < -0.4 is 5.73 Å². The zero-order chi connectivity index (χ0) is 11.4. The third-order valence-corrected chi connectivity index (χ3v) is 2.63. The number of nitrogens with zero attached hydrogens (tertiary/aromatic N) is 1. The molecule has 0 amide bonds. The van der Waals surface area contributed by atoms with Crippen molar-refractivity contribution < 1.29 is 4.92 Å². The molecule has 0 heterocycles. The fraction of sp³-hybridized carbons (Fsp3) is 0.125. The van der Waals surface area contributed by atoms with Crippen molar-refractivity contribution in [2.45, 2.75) is 5.75 Å². The average molecular weight is 246 g/mol. The first-order chi connectivity index (χ1) is 7.00. The Morgan fingerprint density at radius 2 is 2.33 bits per heavy atom. The van der Waals surface area contributed by atoms with Crippen molar-refractivity contribution in [1.82, 2.24) is 0 Å². The van der Waals surface area contributed by atoms with Gasteiger partial charge in [0.15, 0.2) is 5.17 Å². The maximum absolute atomic E-state index is 10.7. The number of benzene rings is 1. The number of amidine groups is 1. The molecule has 0 aromatic heterocycles. The van der Waals surface area contributed by atoms with Crippen LogP contribution in [0.3, 0.4) is 0 Å². The van der Waals surface area contributed by atoms with Crippen LogP contribution >= 0.6 is 23.4 Å². The van der Waals surface area contributed by atoms with E-state index in [1.54, 1.807) is 12.1 Å². The van der Waals surface area contributed by atoms with Crippen molar-refractivity contribution in [3.05, 3.63) is 38.9 Å². The van der Waals surface area contributed by atoms with E-state index in [4.69, 9.17) is 22.7 Å². The molecule has 1 rings (SSSR count). The SMILES string of the molecule is N=C(N)SCc1ccc(Cl)cc1[N+](=O)[O-]. The minimum Gasteiger partial charge on any atom is -0.379 e. The molecule has 5 nitrogen and oxygen atoms in total. The number of halogens is 1. The van der Waals surface area contributed by atoms with Gasteiger partial charge in [-0.1, -0.05) is 23.4 Å². The Kier molecular flexibility index (Phi) is 3.93. The molecule has 0 bridgehead atoms. The normalized spacial score (nSPS) is 9.93. The number of rotatable bonds is 3. The van der Waals surface area contributed by atoms with E-state index in [1.807, 2.05) is 0 Å². The van der Waals surface area contributed by atoms with E-state index in [0.29, 0.717) is 16.3 Å². The second kappa shape index (κ2) is 4.99. The van der Waals surface area contributed by atoms with Crippen molar-refractivity contribution in [3.63, 3.8) is 0 Å². The number of nitro benzene ring substituents is 1. The summed E-state index contributed by atoms with van der Waals surface area (Å²) in [4.78, 5) is 10.2. The van der Waals surface area contributed by atoms with Crippen LogP contribution in [-0.2, 0) is 5.75 Å². The first-order valence-corrected chi connectivity index (χ1v) is 5.26. The highest BCUT2D eigenvalue weighted by Gasteiger charge is 2.14. The van der Waals surface area contributed by atoms with Gasteiger partial charge in [-0.05, 0) is 12.1 Å². The average Bonchev–Trinajstić information content (AvgIpc) is 2.15. The molecule has 0 saturated carbocycles. The van der Waals surface area contributed by atoms with E-state index in [9.17, 15) is 10.1 Å². The van der Waals surface area contributed by atoms with Crippen molar-refractivity contribution in [1.29, 1.82) is 5.41 Å². The molecule has 0 radical (unpaired) electrons. The highest BCUT2D eigenvalue weighted by atomic mass is 35.5. The number of hydrogen-bond acceptors (Lipinski definition) is 4. The van der Waals surface area contributed by atoms with Crippen LogP contribution in [0.2, 0.25) is 5.02 Å². The first kappa shape index (κ1) is 11.8. The van der Waals surface area contributed by atoms with E-state index in [-0.39, 0.29) is 10.9 Å². The largest absolute Gasteiger partial charge is 0.379 e. The molecule has 0 atom stereocenters. The van der Waals surface area contributed by atoms with Gasteiger partial charge in [0.25, 0.3) is 5.69 Å². The Labute approximate surface area is 95.3 Å². The van der Waals surface area contributed by atoms with E-state index in [1.165, 1.54) is 6.07 Å². The summed E-state index contributed by atoms with van der Waals surface area (Å²) in [7, 11) is 0. The Bertz CT molecular complexity index is 411. The van der Waals surface area contributed by atoms with Crippen molar-refractivity contribution in [3.8, 4) is 0 Å². The molecule has 0 saturated heterocycles. The van der Waals surface area contributed by atoms with Gasteiger partial charge in [-0.15, -0.1) is 0 Å². The van der Waals surface area contributed by atoms with Crippen molar-refractivity contribution in [2.24, 2.45) is 5.73 Å². The zero-order valence-corrected chi connectivity index (χ0v) is 9.14. The number of nitrogens with one attached hydrogen (secondary N) is 1. The standard InChI is InChI=1S/C8H8ClN3O2S/c9-6-2-1-5(4-15-8(10)11)7(3-6)12(13)14/h1-3H,4H2,(H3,10,11). The summed E-state index contributed by atoms with van der Waals surface area (Å²) in [6.45, 7) is 0. The number of nitrogens with two attached hydrogens (primary N) is 1. The molecule has 0 unspecified atom stereocenters. The van der Waals surface area contributed by atoms with Gasteiger partial charge < -0.3 is 5.73 Å². The van der Waals surface area contributed by atoms with Crippen molar-refractivity contribution >= 4 is 34.2 Å². The van der Waals surface area contributed by atoms with Crippen LogP contribution in [-0.4, -0.2) is 10.1 Å². The van der Waals surface area contributed by atoms with Gasteiger partial charge in [0.1, 0.15) is 0 Å². The van der Waals surface area contributed by atoms with E-state index < -0.39 is 4.92 Å². The molecule has 1 aromatic carbocycles. The molecule has 0 aliphatic carbocycles. The molecule has 3 N–H and O–H groups in total. The van der Waals surface area contributed by atoms with Gasteiger partial charge in [-0.2, -0.15) is 0 Å². The lowest BCUT2D eigenvalue weighted by atomic mass is 10.2. The summed E-state index contributed by atoms with van der Waals surface area (Å²) >= 11 is 6.68. The maximum atomic E-state index is 10.7. The number of thioether (sulfide) groups is 1.